The van der Waals surface area contributed by atoms with Crippen molar-refractivity contribution in [3.05, 3.63) is 82.3 Å². The van der Waals surface area contributed by atoms with Gasteiger partial charge >= 0.3 is 5.97 Å². The second-order valence-electron chi connectivity index (χ2n) is 8.55. The van der Waals surface area contributed by atoms with Crippen LogP contribution in [0.15, 0.2) is 60.1 Å². The van der Waals surface area contributed by atoms with Gasteiger partial charge in [0, 0.05) is 11.4 Å². The van der Waals surface area contributed by atoms with Crippen LogP contribution in [0.3, 0.4) is 0 Å². The van der Waals surface area contributed by atoms with E-state index in [1.807, 2.05) is 70.2 Å². The number of carbonyl (C=O) groups is 2. The second-order valence-corrected chi connectivity index (χ2v) is 8.55. The van der Waals surface area contributed by atoms with Crippen LogP contribution >= 0.6 is 0 Å². The third-order valence-corrected chi connectivity index (χ3v) is 5.80. The summed E-state index contributed by atoms with van der Waals surface area (Å²) in [6.45, 7) is 9.78. The monoisotopic (exact) mass is 459 g/mol. The van der Waals surface area contributed by atoms with Crippen molar-refractivity contribution in [3.63, 3.8) is 0 Å². The standard InChI is InChI=1S/C26H29N5O3/c1-6-34-25(33)23-19(5)30(14-22(32)29-21-12-17(3)11-18(4)13-21)26-27-15-28-31(26)24(23)20-9-7-16(2)8-10-20/h7-13,15,24H,6,14H2,1-5H3,(H,29,32). The first kappa shape index (κ1) is 23.2. The number of hydrogen-bond donors (Lipinski definition) is 1. The average molecular weight is 460 g/mol. The Kier molecular flexibility index (Phi) is 6.49. The molecule has 2 aromatic carbocycles. The average Bonchev–Trinajstić information content (AvgIpc) is 3.25. The molecule has 1 unspecified atom stereocenters. The van der Waals surface area contributed by atoms with Crippen LogP contribution in [0.4, 0.5) is 11.6 Å². The molecule has 2 heterocycles. The molecule has 1 aliphatic heterocycles. The van der Waals surface area contributed by atoms with Gasteiger partial charge in [0.05, 0.1) is 12.2 Å². The molecule has 1 aromatic heterocycles. The molecule has 3 aromatic rings. The zero-order valence-electron chi connectivity index (χ0n) is 20.1. The van der Waals surface area contributed by atoms with E-state index in [2.05, 4.69) is 15.4 Å². The van der Waals surface area contributed by atoms with Gasteiger partial charge in [-0.05, 0) is 63.4 Å². The van der Waals surface area contributed by atoms with E-state index >= 15 is 0 Å². The van der Waals surface area contributed by atoms with E-state index in [0.717, 1.165) is 27.9 Å². The molecule has 4 rings (SSSR count). The summed E-state index contributed by atoms with van der Waals surface area (Å²) in [5.74, 6) is -0.172. The lowest BCUT2D eigenvalue weighted by Crippen LogP contribution is -2.40. The van der Waals surface area contributed by atoms with Gasteiger partial charge in [0.1, 0.15) is 18.9 Å². The van der Waals surface area contributed by atoms with Crippen molar-refractivity contribution in [2.24, 2.45) is 0 Å². The zero-order chi connectivity index (χ0) is 24.4. The van der Waals surface area contributed by atoms with Crippen LogP contribution in [0, 0.1) is 20.8 Å². The number of benzene rings is 2. The van der Waals surface area contributed by atoms with Gasteiger partial charge in [-0.2, -0.15) is 10.1 Å². The summed E-state index contributed by atoms with van der Waals surface area (Å²) in [6.07, 6.45) is 1.44. The minimum Gasteiger partial charge on any atom is -0.463 e. The fourth-order valence-electron chi connectivity index (χ4n) is 4.34. The molecule has 0 fully saturated rings. The van der Waals surface area contributed by atoms with Gasteiger partial charge in [-0.1, -0.05) is 35.9 Å². The van der Waals surface area contributed by atoms with E-state index in [1.165, 1.54) is 6.33 Å². The van der Waals surface area contributed by atoms with Crippen molar-refractivity contribution >= 4 is 23.5 Å². The fraction of sp³-hybridized carbons (Fsp3) is 0.308. The molecule has 8 nitrogen and oxygen atoms in total. The molecule has 1 atom stereocenters. The summed E-state index contributed by atoms with van der Waals surface area (Å²) >= 11 is 0. The Bertz CT molecular complexity index is 1240. The Morgan fingerprint density at radius 1 is 1.00 bits per heavy atom. The Morgan fingerprint density at radius 3 is 2.32 bits per heavy atom. The van der Waals surface area contributed by atoms with E-state index in [9.17, 15) is 9.59 Å². The molecule has 0 saturated carbocycles. The van der Waals surface area contributed by atoms with Gasteiger partial charge < -0.3 is 15.0 Å². The molecule has 8 heteroatoms. The maximum Gasteiger partial charge on any atom is 0.338 e. The predicted octanol–water partition coefficient (Wildman–Crippen LogP) is 4.09. The highest BCUT2D eigenvalue weighted by Gasteiger charge is 2.38. The minimum absolute atomic E-state index is 0.0267. The van der Waals surface area contributed by atoms with E-state index in [-0.39, 0.29) is 19.1 Å². The predicted molar refractivity (Wildman–Crippen MR) is 131 cm³/mol. The first-order valence-corrected chi connectivity index (χ1v) is 11.3. The lowest BCUT2D eigenvalue weighted by Gasteiger charge is -2.35. The number of fused-ring (bicyclic) bond motifs is 1. The molecule has 0 saturated heterocycles. The molecule has 0 radical (unpaired) electrons. The number of ether oxygens (including phenoxy) is 1. The lowest BCUT2D eigenvalue weighted by molar-refractivity contribution is -0.139. The molecule has 1 aliphatic rings. The van der Waals surface area contributed by atoms with Crippen molar-refractivity contribution in [1.29, 1.82) is 0 Å². The highest BCUT2D eigenvalue weighted by molar-refractivity contribution is 5.96. The van der Waals surface area contributed by atoms with Gasteiger partial charge in [-0.25, -0.2) is 9.48 Å². The summed E-state index contributed by atoms with van der Waals surface area (Å²) in [7, 11) is 0. The van der Waals surface area contributed by atoms with Crippen molar-refractivity contribution in [2.45, 2.75) is 40.7 Å². The molecule has 0 aliphatic carbocycles. The summed E-state index contributed by atoms with van der Waals surface area (Å²) in [6, 6.07) is 13.3. The topological polar surface area (TPSA) is 89.3 Å². The van der Waals surface area contributed by atoms with Crippen LogP contribution in [0.1, 0.15) is 42.1 Å². The van der Waals surface area contributed by atoms with Crippen molar-refractivity contribution in [2.75, 3.05) is 23.4 Å². The normalized spacial score (nSPS) is 15.2. The number of carbonyl (C=O) groups excluding carboxylic acids is 2. The zero-order valence-corrected chi connectivity index (χ0v) is 20.1. The molecular formula is C26H29N5O3. The van der Waals surface area contributed by atoms with Crippen molar-refractivity contribution in [1.82, 2.24) is 14.8 Å². The Balaban J connectivity index is 1.72. The number of anilines is 2. The molecular weight excluding hydrogens is 430 g/mol. The molecule has 176 valence electrons. The second kappa shape index (κ2) is 9.51. The summed E-state index contributed by atoms with van der Waals surface area (Å²) in [5.41, 5.74) is 5.90. The molecule has 1 N–H and O–H groups in total. The maximum atomic E-state index is 13.1. The molecule has 34 heavy (non-hydrogen) atoms. The van der Waals surface area contributed by atoms with Gasteiger partial charge in [-0.15, -0.1) is 0 Å². The molecule has 0 bridgehead atoms. The Morgan fingerprint density at radius 2 is 1.68 bits per heavy atom. The van der Waals surface area contributed by atoms with Crippen molar-refractivity contribution in [3.8, 4) is 0 Å². The number of aromatic nitrogens is 3. The van der Waals surface area contributed by atoms with Crippen LogP contribution in [0.5, 0.6) is 0 Å². The van der Waals surface area contributed by atoms with Crippen LogP contribution < -0.4 is 10.2 Å². The van der Waals surface area contributed by atoms with Crippen LogP contribution in [-0.2, 0) is 14.3 Å². The van der Waals surface area contributed by atoms with Gasteiger partial charge in [-0.3, -0.25) is 4.79 Å². The van der Waals surface area contributed by atoms with Gasteiger partial charge in [0.15, 0.2) is 0 Å². The van der Waals surface area contributed by atoms with E-state index in [1.54, 1.807) is 16.5 Å². The lowest BCUT2D eigenvalue weighted by atomic mass is 9.94. The highest BCUT2D eigenvalue weighted by Crippen LogP contribution is 2.38. The third-order valence-electron chi connectivity index (χ3n) is 5.80. The number of allylic oxidation sites excluding steroid dienone is 1. The van der Waals surface area contributed by atoms with E-state index in [4.69, 9.17) is 4.74 Å². The Labute approximate surface area is 199 Å². The minimum atomic E-state index is -0.504. The van der Waals surface area contributed by atoms with Crippen molar-refractivity contribution < 1.29 is 14.3 Å². The number of amides is 1. The van der Waals surface area contributed by atoms with Gasteiger partial charge in [0.25, 0.3) is 0 Å². The quantitative estimate of drug-likeness (QED) is 0.559. The van der Waals surface area contributed by atoms with E-state index < -0.39 is 12.0 Å². The van der Waals surface area contributed by atoms with E-state index in [0.29, 0.717) is 17.2 Å². The maximum absolute atomic E-state index is 13.1. The first-order valence-electron chi connectivity index (χ1n) is 11.3. The number of rotatable bonds is 6. The molecule has 0 spiro atoms. The first-order chi connectivity index (χ1) is 16.3. The largest absolute Gasteiger partial charge is 0.463 e. The highest BCUT2D eigenvalue weighted by atomic mass is 16.5. The number of aryl methyl sites for hydroxylation is 3. The third kappa shape index (κ3) is 4.57. The van der Waals surface area contributed by atoms with Crippen LogP contribution in [-0.4, -0.2) is 39.8 Å². The molecule has 1 amide bonds. The number of hydrogen-bond acceptors (Lipinski definition) is 6. The summed E-state index contributed by atoms with van der Waals surface area (Å²) in [5, 5.41) is 7.38. The summed E-state index contributed by atoms with van der Waals surface area (Å²) < 4.78 is 7.08. The SMILES string of the molecule is CCOC(=O)C1=C(C)N(CC(=O)Nc2cc(C)cc(C)c2)c2ncnn2C1c1ccc(C)cc1. The van der Waals surface area contributed by atoms with Crippen LogP contribution in [0.25, 0.3) is 0 Å². The van der Waals surface area contributed by atoms with Gasteiger partial charge in [0.2, 0.25) is 11.9 Å². The number of nitrogens with one attached hydrogen (secondary N) is 1. The smallest absolute Gasteiger partial charge is 0.338 e. The Hall–Kier alpha value is -3.94. The summed E-state index contributed by atoms with van der Waals surface area (Å²) in [4.78, 5) is 32.3. The van der Waals surface area contributed by atoms with Crippen LogP contribution in [0.2, 0.25) is 0 Å². The number of nitrogens with zero attached hydrogens (tertiary/aromatic N) is 4. The number of esters is 1. The fourth-order valence-corrected chi connectivity index (χ4v) is 4.34.